The molecule has 0 atom stereocenters. The standard InChI is InChI=1S/C13H8BrF2NO2/c14-10-5-7(1-4-11(10)15)17-13(19)9-3-2-8(18)6-12(9)16/h1-6,18H,(H,17,19). The molecule has 2 aromatic carbocycles. The highest BCUT2D eigenvalue weighted by Gasteiger charge is 2.13. The molecule has 1 amide bonds. The molecule has 0 radical (unpaired) electrons. The molecule has 0 aliphatic carbocycles. The van der Waals surface area contributed by atoms with E-state index in [9.17, 15) is 13.6 Å². The highest BCUT2D eigenvalue weighted by atomic mass is 79.9. The van der Waals surface area contributed by atoms with E-state index in [4.69, 9.17) is 5.11 Å². The van der Waals surface area contributed by atoms with E-state index in [1.165, 1.54) is 30.3 Å². The average molecular weight is 328 g/mol. The molecule has 2 rings (SSSR count). The lowest BCUT2D eigenvalue weighted by molar-refractivity contribution is 0.102. The minimum absolute atomic E-state index is 0.191. The fourth-order valence-electron chi connectivity index (χ4n) is 1.46. The van der Waals surface area contributed by atoms with E-state index >= 15 is 0 Å². The van der Waals surface area contributed by atoms with Crippen LogP contribution in [0.5, 0.6) is 5.75 Å². The van der Waals surface area contributed by atoms with Crippen molar-refractivity contribution < 1.29 is 18.7 Å². The fourth-order valence-corrected chi connectivity index (χ4v) is 1.84. The third-order valence-corrected chi connectivity index (χ3v) is 2.98. The van der Waals surface area contributed by atoms with Gasteiger partial charge in [-0.2, -0.15) is 0 Å². The van der Waals surface area contributed by atoms with E-state index in [0.29, 0.717) is 5.69 Å². The predicted octanol–water partition coefficient (Wildman–Crippen LogP) is 3.69. The second-order valence-electron chi connectivity index (χ2n) is 3.75. The van der Waals surface area contributed by atoms with Crippen molar-refractivity contribution in [3.8, 4) is 5.75 Å². The number of benzene rings is 2. The molecule has 6 heteroatoms. The number of aromatic hydroxyl groups is 1. The van der Waals surface area contributed by atoms with Crippen LogP contribution in [-0.2, 0) is 0 Å². The van der Waals surface area contributed by atoms with Crippen LogP contribution >= 0.6 is 15.9 Å². The summed E-state index contributed by atoms with van der Waals surface area (Å²) in [4.78, 5) is 11.8. The SMILES string of the molecule is O=C(Nc1ccc(F)c(Br)c1)c1ccc(O)cc1F. The van der Waals surface area contributed by atoms with Crippen LogP contribution in [0.4, 0.5) is 14.5 Å². The first-order valence-corrected chi connectivity index (χ1v) is 6.01. The van der Waals surface area contributed by atoms with E-state index in [2.05, 4.69) is 21.2 Å². The monoisotopic (exact) mass is 327 g/mol. The number of rotatable bonds is 2. The Kier molecular flexibility index (Phi) is 3.80. The molecule has 0 heterocycles. The molecule has 2 N–H and O–H groups in total. The van der Waals surface area contributed by atoms with Crippen LogP contribution in [0.2, 0.25) is 0 Å². The molecular formula is C13H8BrF2NO2. The van der Waals surface area contributed by atoms with Crippen molar-refractivity contribution in [1.82, 2.24) is 0 Å². The van der Waals surface area contributed by atoms with E-state index in [0.717, 1.165) is 6.07 Å². The van der Waals surface area contributed by atoms with Gasteiger partial charge in [0.1, 0.15) is 17.4 Å². The Labute approximate surface area is 116 Å². The summed E-state index contributed by atoms with van der Waals surface area (Å²) in [6, 6.07) is 7.11. The van der Waals surface area contributed by atoms with Crippen LogP contribution in [0.25, 0.3) is 0 Å². The molecule has 0 saturated carbocycles. The van der Waals surface area contributed by atoms with Gasteiger partial charge in [-0.05, 0) is 46.3 Å². The zero-order valence-electron chi connectivity index (χ0n) is 9.45. The van der Waals surface area contributed by atoms with E-state index in [1.807, 2.05) is 0 Å². The smallest absolute Gasteiger partial charge is 0.258 e. The Hall–Kier alpha value is -1.95. The third-order valence-electron chi connectivity index (χ3n) is 2.37. The fraction of sp³-hybridized carbons (Fsp3) is 0. The largest absolute Gasteiger partial charge is 0.508 e. The van der Waals surface area contributed by atoms with Crippen molar-refractivity contribution in [3.05, 3.63) is 58.1 Å². The summed E-state index contributed by atoms with van der Waals surface area (Å²) in [5.41, 5.74) is 0.115. The van der Waals surface area contributed by atoms with Crippen LogP contribution < -0.4 is 5.32 Å². The number of carbonyl (C=O) groups is 1. The molecule has 0 fully saturated rings. The molecule has 0 aliphatic rings. The molecule has 0 saturated heterocycles. The molecule has 0 bridgehead atoms. The van der Waals surface area contributed by atoms with Crippen LogP contribution in [0.15, 0.2) is 40.9 Å². The van der Waals surface area contributed by atoms with Gasteiger partial charge in [0.25, 0.3) is 5.91 Å². The van der Waals surface area contributed by atoms with Gasteiger partial charge in [-0.1, -0.05) is 0 Å². The Morgan fingerprint density at radius 3 is 2.47 bits per heavy atom. The average Bonchev–Trinajstić information content (AvgIpc) is 2.33. The summed E-state index contributed by atoms with van der Waals surface area (Å²) in [5.74, 6) is -2.25. The number of hydrogen-bond donors (Lipinski definition) is 2. The maximum absolute atomic E-state index is 13.5. The Bertz CT molecular complexity index is 647. The van der Waals surface area contributed by atoms with Crippen LogP contribution in [0, 0.1) is 11.6 Å². The number of nitrogens with one attached hydrogen (secondary N) is 1. The maximum atomic E-state index is 13.5. The van der Waals surface area contributed by atoms with Gasteiger partial charge < -0.3 is 10.4 Å². The van der Waals surface area contributed by atoms with Crippen molar-refractivity contribution in [3.63, 3.8) is 0 Å². The van der Waals surface area contributed by atoms with Crippen LogP contribution in [0.1, 0.15) is 10.4 Å². The first-order valence-electron chi connectivity index (χ1n) is 5.22. The number of phenolic OH excluding ortho intramolecular Hbond substituents is 1. The molecular weight excluding hydrogens is 320 g/mol. The summed E-state index contributed by atoms with van der Waals surface area (Å²) in [7, 11) is 0. The number of phenols is 1. The summed E-state index contributed by atoms with van der Waals surface area (Å²) >= 11 is 2.98. The number of halogens is 3. The van der Waals surface area contributed by atoms with Gasteiger partial charge in [-0.25, -0.2) is 8.78 Å². The number of carbonyl (C=O) groups excluding carboxylic acids is 1. The van der Waals surface area contributed by atoms with Gasteiger partial charge in [0.05, 0.1) is 10.0 Å². The number of hydrogen-bond acceptors (Lipinski definition) is 2. The van der Waals surface area contributed by atoms with E-state index in [-0.39, 0.29) is 15.8 Å². The Balaban J connectivity index is 2.23. The molecule has 19 heavy (non-hydrogen) atoms. The van der Waals surface area contributed by atoms with Gasteiger partial charge in [0, 0.05) is 11.8 Å². The van der Waals surface area contributed by atoms with Gasteiger partial charge in [0.15, 0.2) is 0 Å². The summed E-state index contributed by atoms with van der Waals surface area (Å²) in [5, 5.41) is 11.5. The second kappa shape index (κ2) is 5.36. The number of anilines is 1. The first kappa shape index (κ1) is 13.5. The van der Waals surface area contributed by atoms with Crippen LogP contribution in [0.3, 0.4) is 0 Å². The zero-order valence-corrected chi connectivity index (χ0v) is 11.0. The quantitative estimate of drug-likeness (QED) is 0.883. The summed E-state index contributed by atoms with van der Waals surface area (Å²) in [6.07, 6.45) is 0. The van der Waals surface area contributed by atoms with Crippen molar-refractivity contribution in [2.24, 2.45) is 0 Å². The molecule has 2 aromatic rings. The molecule has 0 spiro atoms. The molecule has 0 aromatic heterocycles. The second-order valence-corrected chi connectivity index (χ2v) is 4.60. The highest BCUT2D eigenvalue weighted by molar-refractivity contribution is 9.10. The molecule has 98 valence electrons. The lowest BCUT2D eigenvalue weighted by Crippen LogP contribution is -2.13. The minimum Gasteiger partial charge on any atom is -0.508 e. The summed E-state index contributed by atoms with van der Waals surface area (Å²) < 4.78 is 26.7. The van der Waals surface area contributed by atoms with Crippen molar-refractivity contribution in [1.29, 1.82) is 0 Å². The number of amides is 1. The molecule has 3 nitrogen and oxygen atoms in total. The van der Waals surface area contributed by atoms with Gasteiger partial charge >= 0.3 is 0 Å². The van der Waals surface area contributed by atoms with Crippen molar-refractivity contribution in [2.75, 3.05) is 5.32 Å². The zero-order chi connectivity index (χ0) is 14.0. The van der Waals surface area contributed by atoms with E-state index in [1.54, 1.807) is 0 Å². The Morgan fingerprint density at radius 1 is 1.11 bits per heavy atom. The lowest BCUT2D eigenvalue weighted by atomic mass is 10.2. The van der Waals surface area contributed by atoms with Crippen LogP contribution in [-0.4, -0.2) is 11.0 Å². The van der Waals surface area contributed by atoms with Gasteiger partial charge in [0.2, 0.25) is 0 Å². The molecule has 0 aliphatic heterocycles. The van der Waals surface area contributed by atoms with Gasteiger partial charge in [-0.3, -0.25) is 4.79 Å². The normalized spacial score (nSPS) is 10.3. The third kappa shape index (κ3) is 3.08. The highest BCUT2D eigenvalue weighted by Crippen LogP contribution is 2.21. The van der Waals surface area contributed by atoms with Crippen molar-refractivity contribution >= 4 is 27.5 Å². The predicted molar refractivity (Wildman–Crippen MR) is 70.1 cm³/mol. The minimum atomic E-state index is -0.835. The maximum Gasteiger partial charge on any atom is 0.258 e. The van der Waals surface area contributed by atoms with E-state index < -0.39 is 17.5 Å². The molecule has 0 unspecified atom stereocenters. The summed E-state index contributed by atoms with van der Waals surface area (Å²) in [6.45, 7) is 0. The lowest BCUT2D eigenvalue weighted by Gasteiger charge is -2.07. The first-order chi connectivity index (χ1) is 8.97. The topological polar surface area (TPSA) is 49.3 Å². The Morgan fingerprint density at radius 2 is 1.84 bits per heavy atom. The van der Waals surface area contributed by atoms with Crippen molar-refractivity contribution in [2.45, 2.75) is 0 Å². The van der Waals surface area contributed by atoms with Gasteiger partial charge in [-0.15, -0.1) is 0 Å².